The minimum absolute atomic E-state index is 0.0768. The van der Waals surface area contributed by atoms with Crippen molar-refractivity contribution in [2.75, 3.05) is 6.54 Å². The van der Waals surface area contributed by atoms with Gasteiger partial charge in [0.05, 0.1) is 6.42 Å². The van der Waals surface area contributed by atoms with Gasteiger partial charge >= 0.3 is 5.97 Å². The number of nitrogens with one attached hydrogen (secondary N) is 1. The van der Waals surface area contributed by atoms with Gasteiger partial charge in [-0.15, -0.1) is 0 Å². The van der Waals surface area contributed by atoms with Crippen molar-refractivity contribution in [3.8, 4) is 0 Å². The molecule has 0 unspecified atom stereocenters. The maximum Gasteiger partial charge on any atom is 0.303 e. The van der Waals surface area contributed by atoms with E-state index in [1.54, 1.807) is 0 Å². The largest absolute Gasteiger partial charge is 0.481 e. The van der Waals surface area contributed by atoms with Crippen LogP contribution in [0.2, 0.25) is 0 Å². The summed E-state index contributed by atoms with van der Waals surface area (Å²) in [5, 5.41) is 11.0. The van der Waals surface area contributed by atoms with Gasteiger partial charge in [0.15, 0.2) is 0 Å². The molecule has 13 heavy (non-hydrogen) atoms. The first-order valence-electron chi connectivity index (χ1n) is 4.51. The molecule has 0 aromatic carbocycles. The van der Waals surface area contributed by atoms with Crippen molar-refractivity contribution in [3.05, 3.63) is 0 Å². The Bertz CT molecular complexity index is 178. The quantitative estimate of drug-likeness (QED) is 0.652. The highest BCUT2D eigenvalue weighted by atomic mass is 16.4. The van der Waals surface area contributed by atoms with Crippen LogP contribution < -0.4 is 5.32 Å². The summed E-state index contributed by atoms with van der Waals surface area (Å²) in [6.45, 7) is 4.78. The molecule has 0 heterocycles. The summed E-state index contributed by atoms with van der Waals surface area (Å²) in [6, 6.07) is 0. The monoisotopic (exact) mass is 187 g/mol. The molecule has 0 aliphatic rings. The van der Waals surface area contributed by atoms with E-state index < -0.39 is 5.97 Å². The lowest BCUT2D eigenvalue weighted by Gasteiger charge is -2.05. The smallest absolute Gasteiger partial charge is 0.303 e. The number of rotatable bonds is 6. The second-order valence-corrected chi connectivity index (χ2v) is 3.43. The molecule has 0 radical (unpaired) electrons. The molecule has 0 spiro atoms. The van der Waals surface area contributed by atoms with Crippen LogP contribution in [0.25, 0.3) is 0 Å². The fourth-order valence-corrected chi connectivity index (χ4v) is 0.809. The van der Waals surface area contributed by atoms with E-state index in [-0.39, 0.29) is 18.7 Å². The molecule has 4 nitrogen and oxygen atoms in total. The topological polar surface area (TPSA) is 66.4 Å². The molecule has 76 valence electrons. The lowest BCUT2D eigenvalue weighted by Crippen LogP contribution is -2.25. The Morgan fingerprint density at radius 2 is 1.92 bits per heavy atom. The SMILES string of the molecule is CC(C)CCNC(=O)CCC(=O)O. The Balaban J connectivity index is 3.36. The average molecular weight is 187 g/mol. The number of carboxylic acids is 1. The molecular formula is C9H17NO3. The number of hydrogen-bond acceptors (Lipinski definition) is 2. The van der Waals surface area contributed by atoms with Gasteiger partial charge in [-0.1, -0.05) is 13.8 Å². The summed E-state index contributed by atoms with van der Waals surface area (Å²) in [6.07, 6.45) is 0.916. The van der Waals surface area contributed by atoms with Gasteiger partial charge in [-0.05, 0) is 12.3 Å². The van der Waals surface area contributed by atoms with Crippen molar-refractivity contribution in [2.45, 2.75) is 33.1 Å². The van der Waals surface area contributed by atoms with Gasteiger partial charge in [0.2, 0.25) is 5.91 Å². The number of amides is 1. The van der Waals surface area contributed by atoms with E-state index in [1.165, 1.54) is 0 Å². The van der Waals surface area contributed by atoms with Gasteiger partial charge in [0, 0.05) is 13.0 Å². The van der Waals surface area contributed by atoms with Gasteiger partial charge in [0.25, 0.3) is 0 Å². The van der Waals surface area contributed by atoms with Crippen LogP contribution in [0.3, 0.4) is 0 Å². The van der Waals surface area contributed by atoms with Gasteiger partial charge < -0.3 is 10.4 Å². The van der Waals surface area contributed by atoms with Gasteiger partial charge in [0.1, 0.15) is 0 Å². The molecule has 0 atom stereocenters. The highest BCUT2D eigenvalue weighted by Crippen LogP contribution is 1.96. The number of aliphatic carboxylic acids is 1. The number of hydrogen-bond donors (Lipinski definition) is 2. The molecule has 0 saturated carbocycles. The summed E-state index contributed by atoms with van der Waals surface area (Å²) in [7, 11) is 0. The van der Waals surface area contributed by atoms with Crippen molar-refractivity contribution in [1.29, 1.82) is 0 Å². The van der Waals surface area contributed by atoms with E-state index in [9.17, 15) is 9.59 Å². The zero-order chi connectivity index (χ0) is 10.3. The average Bonchev–Trinajstić information content (AvgIpc) is 2.00. The van der Waals surface area contributed by atoms with Crippen molar-refractivity contribution < 1.29 is 14.7 Å². The van der Waals surface area contributed by atoms with Crippen LogP contribution >= 0.6 is 0 Å². The van der Waals surface area contributed by atoms with E-state index in [0.717, 1.165) is 6.42 Å². The zero-order valence-corrected chi connectivity index (χ0v) is 8.17. The number of carboxylic acid groups (broad SMARTS) is 1. The normalized spacial score (nSPS) is 10.1. The second kappa shape index (κ2) is 6.46. The molecule has 0 fully saturated rings. The summed E-state index contributed by atoms with van der Waals surface area (Å²) < 4.78 is 0. The van der Waals surface area contributed by atoms with Crippen LogP contribution in [0.15, 0.2) is 0 Å². The van der Waals surface area contributed by atoms with Crippen LogP contribution in [0.1, 0.15) is 33.1 Å². The molecular weight excluding hydrogens is 170 g/mol. The Morgan fingerprint density at radius 3 is 2.38 bits per heavy atom. The minimum atomic E-state index is -0.931. The van der Waals surface area contributed by atoms with Crippen molar-refractivity contribution in [3.63, 3.8) is 0 Å². The molecule has 0 aliphatic carbocycles. The lowest BCUT2D eigenvalue weighted by molar-refractivity contribution is -0.138. The van der Waals surface area contributed by atoms with Gasteiger partial charge in [-0.3, -0.25) is 9.59 Å². The summed E-state index contributed by atoms with van der Waals surface area (Å²) in [4.78, 5) is 21.1. The third-order valence-corrected chi connectivity index (χ3v) is 1.61. The van der Waals surface area contributed by atoms with E-state index in [0.29, 0.717) is 12.5 Å². The highest BCUT2D eigenvalue weighted by Gasteiger charge is 2.04. The molecule has 0 aromatic heterocycles. The van der Waals surface area contributed by atoms with Crippen LogP contribution in [-0.2, 0) is 9.59 Å². The van der Waals surface area contributed by atoms with Crippen LogP contribution in [-0.4, -0.2) is 23.5 Å². The van der Waals surface area contributed by atoms with E-state index >= 15 is 0 Å². The molecule has 0 saturated heterocycles. The first-order valence-corrected chi connectivity index (χ1v) is 4.51. The van der Waals surface area contributed by atoms with E-state index in [2.05, 4.69) is 19.2 Å². The Hall–Kier alpha value is -1.06. The van der Waals surface area contributed by atoms with Crippen molar-refractivity contribution >= 4 is 11.9 Å². The second-order valence-electron chi connectivity index (χ2n) is 3.43. The standard InChI is InChI=1S/C9H17NO3/c1-7(2)5-6-10-8(11)3-4-9(12)13/h7H,3-6H2,1-2H3,(H,10,11)(H,12,13). The van der Waals surface area contributed by atoms with E-state index in [4.69, 9.17) is 5.11 Å². The Kier molecular flexibility index (Phi) is 5.93. The van der Waals surface area contributed by atoms with Crippen LogP contribution in [0.4, 0.5) is 0 Å². The summed E-state index contributed by atoms with van der Waals surface area (Å²) in [5.41, 5.74) is 0. The number of carbonyl (C=O) groups is 2. The predicted molar refractivity (Wildman–Crippen MR) is 49.3 cm³/mol. The maximum absolute atomic E-state index is 11.0. The third kappa shape index (κ3) is 8.85. The van der Waals surface area contributed by atoms with Crippen molar-refractivity contribution in [1.82, 2.24) is 5.32 Å². The Labute approximate surface area is 78.3 Å². The maximum atomic E-state index is 11.0. The third-order valence-electron chi connectivity index (χ3n) is 1.61. The highest BCUT2D eigenvalue weighted by molar-refractivity contribution is 5.80. The Morgan fingerprint density at radius 1 is 1.31 bits per heavy atom. The fourth-order valence-electron chi connectivity index (χ4n) is 0.809. The minimum Gasteiger partial charge on any atom is -0.481 e. The molecule has 0 bridgehead atoms. The molecule has 2 N–H and O–H groups in total. The molecule has 1 amide bonds. The van der Waals surface area contributed by atoms with Crippen LogP contribution in [0, 0.1) is 5.92 Å². The fraction of sp³-hybridized carbons (Fsp3) is 0.778. The molecule has 0 rings (SSSR count). The van der Waals surface area contributed by atoms with Gasteiger partial charge in [-0.2, -0.15) is 0 Å². The molecule has 0 aromatic rings. The summed E-state index contributed by atoms with van der Waals surface area (Å²) in [5.74, 6) is -0.554. The lowest BCUT2D eigenvalue weighted by atomic mass is 10.1. The van der Waals surface area contributed by atoms with Gasteiger partial charge in [-0.25, -0.2) is 0 Å². The zero-order valence-electron chi connectivity index (χ0n) is 8.17. The van der Waals surface area contributed by atoms with E-state index in [1.807, 2.05) is 0 Å². The van der Waals surface area contributed by atoms with Crippen LogP contribution in [0.5, 0.6) is 0 Å². The first-order chi connectivity index (χ1) is 6.02. The molecule has 4 heteroatoms. The first kappa shape index (κ1) is 11.9. The number of carbonyl (C=O) groups excluding carboxylic acids is 1. The predicted octanol–water partition coefficient (Wildman–Crippen LogP) is 1.01. The van der Waals surface area contributed by atoms with Crippen molar-refractivity contribution in [2.24, 2.45) is 5.92 Å². The molecule has 0 aliphatic heterocycles. The summed E-state index contributed by atoms with van der Waals surface area (Å²) >= 11 is 0.